The van der Waals surface area contributed by atoms with Crippen LogP contribution in [0, 0.1) is 11.3 Å². The van der Waals surface area contributed by atoms with Gasteiger partial charge < -0.3 is 10.5 Å². The van der Waals surface area contributed by atoms with Crippen LogP contribution >= 0.6 is 0 Å². The Labute approximate surface area is 101 Å². The first kappa shape index (κ1) is 12.0. The summed E-state index contributed by atoms with van der Waals surface area (Å²) in [5.41, 5.74) is 6.33. The van der Waals surface area contributed by atoms with Gasteiger partial charge in [-0.3, -0.25) is 9.78 Å². The van der Waals surface area contributed by atoms with Crippen LogP contribution in [-0.4, -0.2) is 24.6 Å². The van der Waals surface area contributed by atoms with Crippen LogP contribution in [0.15, 0.2) is 24.5 Å². The van der Waals surface area contributed by atoms with Crippen molar-refractivity contribution in [3.63, 3.8) is 0 Å². The summed E-state index contributed by atoms with van der Waals surface area (Å²) < 4.78 is 4.94. The van der Waals surface area contributed by atoms with Gasteiger partial charge >= 0.3 is 5.97 Å². The number of nitrogens with zero attached hydrogens (tertiary/aromatic N) is 1. The fourth-order valence-electron chi connectivity index (χ4n) is 2.41. The van der Waals surface area contributed by atoms with E-state index >= 15 is 0 Å². The second-order valence-electron chi connectivity index (χ2n) is 4.66. The van der Waals surface area contributed by atoms with E-state index < -0.39 is 5.41 Å². The van der Waals surface area contributed by atoms with Gasteiger partial charge in [-0.1, -0.05) is 6.07 Å². The van der Waals surface area contributed by atoms with Gasteiger partial charge in [-0.25, -0.2) is 0 Å². The molecule has 1 saturated carbocycles. The zero-order valence-corrected chi connectivity index (χ0v) is 10.1. The third-order valence-corrected chi connectivity index (χ3v) is 3.56. The first-order valence-electron chi connectivity index (χ1n) is 5.90. The number of hydrogen-bond donors (Lipinski definition) is 1. The first-order valence-corrected chi connectivity index (χ1v) is 5.90. The van der Waals surface area contributed by atoms with Crippen LogP contribution in [0.25, 0.3) is 0 Å². The van der Waals surface area contributed by atoms with E-state index in [-0.39, 0.29) is 5.97 Å². The highest BCUT2D eigenvalue weighted by Gasteiger charge is 2.50. The summed E-state index contributed by atoms with van der Waals surface area (Å²) in [6.45, 7) is 0.333. The van der Waals surface area contributed by atoms with Crippen LogP contribution in [0.5, 0.6) is 0 Å². The maximum atomic E-state index is 12.0. The molecule has 92 valence electrons. The molecular formula is C13H18N2O2. The van der Waals surface area contributed by atoms with E-state index in [4.69, 9.17) is 10.5 Å². The Bertz CT molecular complexity index is 390. The number of pyridine rings is 1. The number of esters is 1. The Balaban J connectivity index is 2.24. The van der Waals surface area contributed by atoms with E-state index in [9.17, 15) is 4.79 Å². The molecule has 0 aliphatic heterocycles. The molecule has 1 fully saturated rings. The number of methoxy groups -OCH3 is 1. The number of hydrogen-bond acceptors (Lipinski definition) is 4. The Morgan fingerprint density at radius 3 is 2.88 bits per heavy atom. The summed E-state index contributed by atoms with van der Waals surface area (Å²) in [4.78, 5) is 16.1. The lowest BCUT2D eigenvalue weighted by Gasteiger charge is -2.29. The lowest BCUT2D eigenvalue weighted by molar-refractivity contribution is -0.153. The monoisotopic (exact) mass is 234 g/mol. The van der Waals surface area contributed by atoms with Crippen LogP contribution in [-0.2, 0) is 16.0 Å². The summed E-state index contributed by atoms with van der Waals surface area (Å²) in [6.07, 6.45) is 6.26. The summed E-state index contributed by atoms with van der Waals surface area (Å²) in [5, 5.41) is 0. The highest BCUT2D eigenvalue weighted by Crippen LogP contribution is 2.47. The average molecular weight is 234 g/mol. The summed E-state index contributed by atoms with van der Waals surface area (Å²) in [5.74, 6) is 0.173. The summed E-state index contributed by atoms with van der Waals surface area (Å²) >= 11 is 0. The van der Waals surface area contributed by atoms with E-state index in [0.717, 1.165) is 18.4 Å². The highest BCUT2D eigenvalue weighted by molar-refractivity contribution is 5.78. The van der Waals surface area contributed by atoms with Crippen LogP contribution in [0.3, 0.4) is 0 Å². The van der Waals surface area contributed by atoms with Crippen LogP contribution in [0.1, 0.15) is 18.4 Å². The van der Waals surface area contributed by atoms with Crippen molar-refractivity contribution in [2.24, 2.45) is 17.1 Å². The largest absolute Gasteiger partial charge is 0.469 e. The maximum Gasteiger partial charge on any atom is 0.313 e. The number of rotatable bonds is 5. The van der Waals surface area contributed by atoms with Gasteiger partial charge in [-0.05, 0) is 36.8 Å². The molecule has 4 heteroatoms. The zero-order valence-electron chi connectivity index (χ0n) is 10.1. The molecule has 0 bridgehead atoms. The molecule has 2 rings (SSSR count). The fraction of sp³-hybridized carbons (Fsp3) is 0.538. The van der Waals surface area contributed by atoms with E-state index in [1.165, 1.54) is 7.11 Å². The van der Waals surface area contributed by atoms with E-state index in [2.05, 4.69) is 4.98 Å². The minimum atomic E-state index is -0.558. The van der Waals surface area contributed by atoms with Gasteiger partial charge in [0, 0.05) is 18.9 Å². The van der Waals surface area contributed by atoms with Gasteiger partial charge in [0.15, 0.2) is 0 Å². The number of carbonyl (C=O) groups is 1. The molecule has 0 amide bonds. The van der Waals surface area contributed by atoms with Gasteiger partial charge in [-0.15, -0.1) is 0 Å². The zero-order chi connectivity index (χ0) is 12.3. The minimum Gasteiger partial charge on any atom is -0.469 e. The fourth-order valence-corrected chi connectivity index (χ4v) is 2.41. The molecule has 2 N–H and O–H groups in total. The topological polar surface area (TPSA) is 65.2 Å². The lowest BCUT2D eigenvalue weighted by Crippen LogP contribution is -2.43. The second-order valence-corrected chi connectivity index (χ2v) is 4.66. The number of ether oxygens (including phenoxy) is 1. The smallest absolute Gasteiger partial charge is 0.313 e. The van der Waals surface area contributed by atoms with Crippen molar-refractivity contribution in [2.45, 2.75) is 19.3 Å². The Kier molecular flexibility index (Phi) is 3.43. The normalized spacial score (nSPS) is 18.5. The quantitative estimate of drug-likeness (QED) is 0.776. The molecule has 0 aromatic carbocycles. The lowest BCUT2D eigenvalue weighted by atomic mass is 9.77. The molecule has 1 unspecified atom stereocenters. The molecule has 1 aromatic rings. The Morgan fingerprint density at radius 2 is 2.41 bits per heavy atom. The molecule has 1 aliphatic carbocycles. The van der Waals surface area contributed by atoms with Gasteiger partial charge in [0.1, 0.15) is 0 Å². The average Bonchev–Trinajstić information content (AvgIpc) is 3.21. The number of carbonyl (C=O) groups excluding carboxylic acids is 1. The van der Waals surface area contributed by atoms with Crippen LogP contribution in [0.2, 0.25) is 0 Å². The third-order valence-electron chi connectivity index (χ3n) is 3.56. The maximum absolute atomic E-state index is 12.0. The van der Waals surface area contributed by atoms with Crippen LogP contribution < -0.4 is 5.73 Å². The summed E-state index contributed by atoms with van der Waals surface area (Å²) in [6, 6.07) is 3.85. The molecule has 4 nitrogen and oxygen atoms in total. The van der Waals surface area contributed by atoms with Gasteiger partial charge in [0.2, 0.25) is 0 Å². The van der Waals surface area contributed by atoms with Crippen molar-refractivity contribution in [2.75, 3.05) is 13.7 Å². The van der Waals surface area contributed by atoms with E-state index in [1.54, 1.807) is 12.4 Å². The molecule has 1 aliphatic rings. The first-order chi connectivity index (χ1) is 8.23. The van der Waals surface area contributed by atoms with Crippen molar-refractivity contribution in [3.05, 3.63) is 30.1 Å². The molecule has 17 heavy (non-hydrogen) atoms. The molecule has 0 radical (unpaired) electrons. The summed E-state index contributed by atoms with van der Waals surface area (Å²) in [7, 11) is 1.43. The molecule has 0 spiro atoms. The Hall–Kier alpha value is -1.42. The Morgan fingerprint density at radius 1 is 1.65 bits per heavy atom. The van der Waals surface area contributed by atoms with Crippen molar-refractivity contribution < 1.29 is 9.53 Å². The molecule has 1 heterocycles. The molecular weight excluding hydrogens is 216 g/mol. The van der Waals surface area contributed by atoms with Gasteiger partial charge in [0.05, 0.1) is 12.5 Å². The van der Waals surface area contributed by atoms with Crippen molar-refractivity contribution in [1.29, 1.82) is 0 Å². The van der Waals surface area contributed by atoms with Crippen LogP contribution in [0.4, 0.5) is 0 Å². The molecule has 0 saturated heterocycles. The number of nitrogens with two attached hydrogens (primary N) is 1. The SMILES string of the molecule is COC(=O)C(CN)(Cc1cccnc1)C1CC1. The van der Waals surface area contributed by atoms with Crippen molar-refractivity contribution in [1.82, 2.24) is 4.98 Å². The third kappa shape index (κ3) is 2.31. The standard InChI is InChI=1S/C13H18N2O2/c1-17-12(16)13(9-14,11-4-5-11)7-10-3-2-6-15-8-10/h2-3,6,8,11H,4-5,7,9,14H2,1H3. The highest BCUT2D eigenvalue weighted by atomic mass is 16.5. The predicted octanol–water partition coefficient (Wildman–Crippen LogP) is 1.15. The van der Waals surface area contributed by atoms with Crippen molar-refractivity contribution >= 4 is 5.97 Å². The minimum absolute atomic E-state index is 0.189. The number of aromatic nitrogens is 1. The van der Waals surface area contributed by atoms with E-state index in [0.29, 0.717) is 18.9 Å². The van der Waals surface area contributed by atoms with Gasteiger partial charge in [0.25, 0.3) is 0 Å². The second kappa shape index (κ2) is 4.84. The van der Waals surface area contributed by atoms with Gasteiger partial charge in [-0.2, -0.15) is 0 Å². The molecule has 1 atom stereocenters. The predicted molar refractivity (Wildman–Crippen MR) is 64.2 cm³/mol. The van der Waals surface area contributed by atoms with E-state index in [1.807, 2.05) is 12.1 Å². The molecule has 1 aromatic heterocycles. The van der Waals surface area contributed by atoms with Crippen molar-refractivity contribution in [3.8, 4) is 0 Å².